The lowest BCUT2D eigenvalue weighted by Crippen LogP contribution is -2.29. The molecule has 1 aromatic heterocycles. The molecule has 4 nitrogen and oxygen atoms in total. The van der Waals surface area contributed by atoms with E-state index in [2.05, 4.69) is 0 Å². The first kappa shape index (κ1) is 13.0. The predicted octanol–water partition coefficient (Wildman–Crippen LogP) is 1.67. The van der Waals surface area contributed by atoms with Crippen molar-refractivity contribution in [2.75, 3.05) is 0 Å². The quantitative estimate of drug-likeness (QED) is 0.860. The maximum atomic E-state index is 12.2. The molecule has 0 saturated heterocycles. The number of hydrogen-bond donors (Lipinski definition) is 1. The van der Waals surface area contributed by atoms with Crippen LogP contribution in [0.5, 0.6) is 0 Å². The Labute approximate surface area is 115 Å². The molecule has 0 atom stereocenters. The van der Waals surface area contributed by atoms with Crippen LogP contribution in [0.25, 0.3) is 11.3 Å². The van der Waals surface area contributed by atoms with Gasteiger partial charge in [0.1, 0.15) is 11.6 Å². The zero-order valence-corrected chi connectivity index (χ0v) is 10.9. The van der Waals surface area contributed by atoms with Crippen molar-refractivity contribution in [3.8, 4) is 17.3 Å². The zero-order chi connectivity index (χ0) is 13.8. The van der Waals surface area contributed by atoms with Crippen molar-refractivity contribution in [1.29, 1.82) is 5.26 Å². The number of hydrogen-bond acceptors (Lipinski definition) is 3. The summed E-state index contributed by atoms with van der Waals surface area (Å²) >= 11 is 4.86. The van der Waals surface area contributed by atoms with E-state index in [4.69, 9.17) is 23.2 Å². The number of aromatic nitrogens is 1. The maximum Gasteiger partial charge on any atom is 0.269 e. The summed E-state index contributed by atoms with van der Waals surface area (Å²) < 4.78 is 1.43. The summed E-state index contributed by atoms with van der Waals surface area (Å²) in [5.74, 6) is 0. The van der Waals surface area contributed by atoms with Crippen molar-refractivity contribution in [3.63, 3.8) is 0 Å². The molecule has 0 aliphatic carbocycles. The van der Waals surface area contributed by atoms with Gasteiger partial charge in [-0.3, -0.25) is 4.79 Å². The Morgan fingerprint density at radius 2 is 1.95 bits per heavy atom. The number of rotatable bonds is 3. The Kier molecular flexibility index (Phi) is 3.74. The van der Waals surface area contributed by atoms with E-state index in [-0.39, 0.29) is 22.7 Å². The van der Waals surface area contributed by atoms with Gasteiger partial charge in [0.05, 0.1) is 17.2 Å². The molecule has 19 heavy (non-hydrogen) atoms. The van der Waals surface area contributed by atoms with E-state index in [0.29, 0.717) is 5.69 Å². The van der Waals surface area contributed by atoms with Gasteiger partial charge in [0.25, 0.3) is 5.56 Å². The molecule has 0 unspecified atom stereocenters. The van der Waals surface area contributed by atoms with Crippen molar-refractivity contribution in [1.82, 2.24) is 4.57 Å². The Morgan fingerprint density at radius 1 is 1.26 bits per heavy atom. The average Bonchev–Trinajstić information content (AvgIpc) is 2.41. The van der Waals surface area contributed by atoms with Crippen LogP contribution < -0.4 is 11.3 Å². The third-order valence-electron chi connectivity index (χ3n) is 2.68. The second kappa shape index (κ2) is 5.46. The smallest absolute Gasteiger partial charge is 0.269 e. The van der Waals surface area contributed by atoms with E-state index in [1.165, 1.54) is 10.6 Å². The minimum Gasteiger partial charge on any atom is -0.392 e. The van der Waals surface area contributed by atoms with Gasteiger partial charge in [0.2, 0.25) is 0 Å². The summed E-state index contributed by atoms with van der Waals surface area (Å²) in [5, 5.41) is 8.91. The molecule has 5 heteroatoms. The summed E-state index contributed by atoms with van der Waals surface area (Å²) in [6.45, 7) is 0.119. The number of thiocarbonyl (C=S) groups is 1. The molecule has 2 aromatic rings. The first-order valence-electron chi connectivity index (χ1n) is 5.61. The number of benzene rings is 1. The lowest BCUT2D eigenvalue weighted by Gasteiger charge is -2.12. The van der Waals surface area contributed by atoms with Gasteiger partial charge >= 0.3 is 0 Å². The Morgan fingerprint density at radius 3 is 2.53 bits per heavy atom. The largest absolute Gasteiger partial charge is 0.392 e. The first-order chi connectivity index (χ1) is 9.13. The topological polar surface area (TPSA) is 71.8 Å². The molecule has 0 fully saturated rings. The SMILES string of the molecule is N#Cc1ccc(-c2ccccc2)n(CC(N)=S)c1=O. The highest BCUT2D eigenvalue weighted by Crippen LogP contribution is 2.17. The molecule has 2 rings (SSSR count). The van der Waals surface area contributed by atoms with Gasteiger partial charge in [-0.15, -0.1) is 0 Å². The zero-order valence-electron chi connectivity index (χ0n) is 10.0. The van der Waals surface area contributed by atoms with Crippen molar-refractivity contribution >= 4 is 17.2 Å². The summed E-state index contributed by atoms with van der Waals surface area (Å²) in [7, 11) is 0. The molecule has 0 spiro atoms. The summed E-state index contributed by atoms with van der Waals surface area (Å²) in [5.41, 5.74) is 6.79. The Bertz CT molecular complexity index is 714. The molecular weight excluding hydrogens is 258 g/mol. The lowest BCUT2D eigenvalue weighted by molar-refractivity contribution is 0.814. The van der Waals surface area contributed by atoms with Crippen LogP contribution >= 0.6 is 12.2 Å². The third-order valence-corrected chi connectivity index (χ3v) is 2.81. The highest BCUT2D eigenvalue weighted by molar-refractivity contribution is 7.80. The normalized spacial score (nSPS) is 9.84. The van der Waals surface area contributed by atoms with E-state index in [0.717, 1.165) is 5.56 Å². The number of nitriles is 1. The highest BCUT2D eigenvalue weighted by atomic mass is 32.1. The van der Waals surface area contributed by atoms with Gasteiger partial charge in [-0.2, -0.15) is 5.26 Å². The lowest BCUT2D eigenvalue weighted by atomic mass is 10.1. The number of nitrogens with zero attached hydrogens (tertiary/aromatic N) is 2. The molecule has 0 aliphatic heterocycles. The summed E-state index contributed by atoms with van der Waals surface area (Å²) in [6.07, 6.45) is 0. The minimum absolute atomic E-state index is 0.0796. The molecule has 0 bridgehead atoms. The van der Waals surface area contributed by atoms with Crippen LogP contribution in [-0.2, 0) is 6.54 Å². The Hall–Kier alpha value is -2.45. The summed E-state index contributed by atoms with van der Waals surface area (Å²) in [6, 6.07) is 14.5. The first-order valence-corrected chi connectivity index (χ1v) is 6.02. The van der Waals surface area contributed by atoms with Gasteiger partial charge in [-0.25, -0.2) is 0 Å². The van der Waals surface area contributed by atoms with Crippen LogP contribution in [0.1, 0.15) is 5.56 Å². The van der Waals surface area contributed by atoms with Gasteiger partial charge < -0.3 is 10.3 Å². The van der Waals surface area contributed by atoms with Crippen molar-refractivity contribution in [3.05, 3.63) is 58.4 Å². The third kappa shape index (κ3) is 2.69. The van der Waals surface area contributed by atoms with Crippen LogP contribution in [0, 0.1) is 11.3 Å². The van der Waals surface area contributed by atoms with Crippen LogP contribution in [0.4, 0.5) is 0 Å². The van der Waals surface area contributed by atoms with E-state index < -0.39 is 0 Å². The van der Waals surface area contributed by atoms with Crippen LogP contribution in [0.3, 0.4) is 0 Å². The number of pyridine rings is 1. The molecule has 0 saturated carbocycles. The standard InChI is InChI=1S/C14H11N3OS/c15-8-11-6-7-12(10-4-2-1-3-5-10)17(14(11)18)9-13(16)19/h1-7H,9H2,(H2,16,19). The van der Waals surface area contributed by atoms with Gasteiger partial charge in [0.15, 0.2) is 0 Å². The summed E-state index contributed by atoms with van der Waals surface area (Å²) in [4.78, 5) is 12.4. The van der Waals surface area contributed by atoms with Crippen molar-refractivity contribution in [2.45, 2.75) is 6.54 Å². The monoisotopic (exact) mass is 269 g/mol. The molecule has 0 aliphatic rings. The maximum absolute atomic E-state index is 12.2. The van der Waals surface area contributed by atoms with Gasteiger partial charge in [-0.05, 0) is 17.7 Å². The molecule has 1 heterocycles. The second-order valence-electron chi connectivity index (χ2n) is 3.97. The van der Waals surface area contributed by atoms with Gasteiger partial charge in [0, 0.05) is 0 Å². The van der Waals surface area contributed by atoms with Crippen molar-refractivity contribution < 1.29 is 0 Å². The fraction of sp³-hybridized carbons (Fsp3) is 0.0714. The van der Waals surface area contributed by atoms with E-state index >= 15 is 0 Å². The number of nitrogens with two attached hydrogens (primary N) is 1. The molecule has 94 valence electrons. The van der Waals surface area contributed by atoms with Crippen LogP contribution in [0.2, 0.25) is 0 Å². The van der Waals surface area contributed by atoms with Gasteiger partial charge in [-0.1, -0.05) is 42.5 Å². The average molecular weight is 269 g/mol. The second-order valence-corrected chi connectivity index (χ2v) is 4.49. The van der Waals surface area contributed by atoms with E-state index in [1.54, 1.807) is 6.07 Å². The van der Waals surface area contributed by atoms with Crippen LogP contribution in [0.15, 0.2) is 47.3 Å². The highest BCUT2D eigenvalue weighted by Gasteiger charge is 2.10. The molecule has 2 N–H and O–H groups in total. The molecular formula is C14H11N3OS. The van der Waals surface area contributed by atoms with Crippen LogP contribution in [-0.4, -0.2) is 9.56 Å². The molecule has 0 amide bonds. The molecule has 0 radical (unpaired) electrons. The fourth-order valence-corrected chi connectivity index (χ4v) is 1.97. The Balaban J connectivity index is 2.68. The minimum atomic E-state index is -0.378. The van der Waals surface area contributed by atoms with Crippen molar-refractivity contribution in [2.24, 2.45) is 5.73 Å². The predicted molar refractivity (Wildman–Crippen MR) is 77.6 cm³/mol. The molecule has 1 aromatic carbocycles. The van der Waals surface area contributed by atoms with E-state index in [1.807, 2.05) is 36.4 Å². The fourth-order valence-electron chi connectivity index (χ4n) is 1.84. The van der Waals surface area contributed by atoms with E-state index in [9.17, 15) is 4.79 Å².